The highest BCUT2D eigenvalue weighted by molar-refractivity contribution is 7.17. The molecule has 0 aliphatic rings. The highest BCUT2D eigenvalue weighted by atomic mass is 32.1. The monoisotopic (exact) mass is 385 g/mol. The Morgan fingerprint density at radius 3 is 2.37 bits per heavy atom. The third-order valence-electron chi connectivity index (χ3n) is 3.54. The van der Waals surface area contributed by atoms with E-state index in [2.05, 4.69) is 25.6 Å². The van der Waals surface area contributed by atoms with E-state index in [0.29, 0.717) is 38.8 Å². The Bertz CT molecular complexity index is 931. The minimum absolute atomic E-state index is 0.272. The summed E-state index contributed by atoms with van der Waals surface area (Å²) in [6.45, 7) is 3.71. The number of thiazole rings is 1. The number of methoxy groups -OCH3 is 2. The average Bonchev–Trinajstić information content (AvgIpc) is 3.09. The molecule has 0 aliphatic carbocycles. The van der Waals surface area contributed by atoms with Gasteiger partial charge in [-0.05, 0) is 13.8 Å². The van der Waals surface area contributed by atoms with Crippen molar-refractivity contribution in [1.82, 2.24) is 15.0 Å². The van der Waals surface area contributed by atoms with Gasteiger partial charge in [-0.2, -0.15) is 0 Å². The molecule has 1 aromatic carbocycles. The number of benzene rings is 1. The van der Waals surface area contributed by atoms with Gasteiger partial charge in [0.15, 0.2) is 5.13 Å². The first kappa shape index (κ1) is 18.6. The van der Waals surface area contributed by atoms with Crippen molar-refractivity contribution in [2.24, 2.45) is 0 Å². The van der Waals surface area contributed by atoms with Crippen molar-refractivity contribution in [3.8, 4) is 11.5 Å². The number of rotatable bonds is 6. The van der Waals surface area contributed by atoms with Crippen LogP contribution in [0.1, 0.15) is 21.2 Å². The van der Waals surface area contributed by atoms with Gasteiger partial charge in [0, 0.05) is 35.6 Å². The predicted molar refractivity (Wildman–Crippen MR) is 104 cm³/mol. The molecule has 1 amide bonds. The first-order valence-electron chi connectivity index (χ1n) is 8.06. The maximum absolute atomic E-state index is 12.5. The Hall–Kier alpha value is -3.20. The quantitative estimate of drug-likeness (QED) is 0.669. The smallest absolute Gasteiger partial charge is 0.267 e. The second-order valence-electron chi connectivity index (χ2n) is 5.65. The van der Waals surface area contributed by atoms with Crippen LogP contribution < -0.4 is 20.1 Å². The Morgan fingerprint density at radius 1 is 1.04 bits per heavy atom. The highest BCUT2D eigenvalue weighted by Gasteiger charge is 2.13. The molecule has 2 N–H and O–H groups in total. The molecule has 0 atom stereocenters. The molecule has 0 aliphatic heterocycles. The van der Waals surface area contributed by atoms with Crippen molar-refractivity contribution >= 4 is 33.9 Å². The number of aromatic nitrogens is 3. The summed E-state index contributed by atoms with van der Waals surface area (Å²) >= 11 is 1.23. The highest BCUT2D eigenvalue weighted by Crippen LogP contribution is 2.27. The van der Waals surface area contributed by atoms with E-state index in [-0.39, 0.29) is 5.91 Å². The number of nitrogens with zero attached hydrogens (tertiary/aromatic N) is 3. The Labute approximate surface area is 160 Å². The summed E-state index contributed by atoms with van der Waals surface area (Å²) in [5, 5.41) is 6.49. The molecular weight excluding hydrogens is 366 g/mol. The van der Waals surface area contributed by atoms with Gasteiger partial charge in [-0.25, -0.2) is 15.0 Å². The average molecular weight is 385 g/mol. The molecule has 0 bridgehead atoms. The number of carbonyl (C=O) groups excluding carboxylic acids is 1. The lowest BCUT2D eigenvalue weighted by Crippen LogP contribution is -2.10. The molecule has 0 saturated heterocycles. The molecular formula is C18H19N5O3S. The number of amides is 1. The van der Waals surface area contributed by atoms with Gasteiger partial charge in [-0.3, -0.25) is 4.79 Å². The summed E-state index contributed by atoms with van der Waals surface area (Å²) in [6, 6.07) is 6.98. The summed E-state index contributed by atoms with van der Waals surface area (Å²) in [7, 11) is 3.11. The molecule has 8 nitrogen and oxygen atoms in total. The zero-order valence-electron chi connectivity index (χ0n) is 15.4. The van der Waals surface area contributed by atoms with Gasteiger partial charge in [0.1, 0.15) is 28.0 Å². The number of hydrogen-bond acceptors (Lipinski definition) is 8. The first-order valence-corrected chi connectivity index (χ1v) is 8.88. The lowest BCUT2D eigenvalue weighted by Gasteiger charge is -2.09. The van der Waals surface area contributed by atoms with E-state index in [1.807, 2.05) is 19.9 Å². The molecule has 9 heteroatoms. The van der Waals surface area contributed by atoms with Crippen molar-refractivity contribution < 1.29 is 14.3 Å². The molecule has 2 aromatic heterocycles. The summed E-state index contributed by atoms with van der Waals surface area (Å²) in [4.78, 5) is 25.7. The molecule has 0 spiro atoms. The summed E-state index contributed by atoms with van der Waals surface area (Å²) in [5.74, 6) is 2.21. The van der Waals surface area contributed by atoms with E-state index < -0.39 is 0 Å². The SMILES string of the molecule is COc1cc(NC(=O)c2cnc(Nc3cc(C)nc(C)n3)s2)cc(OC)c1. The van der Waals surface area contributed by atoms with E-state index in [4.69, 9.17) is 9.47 Å². The van der Waals surface area contributed by atoms with Crippen LogP contribution in [0.3, 0.4) is 0 Å². The second kappa shape index (κ2) is 8.00. The van der Waals surface area contributed by atoms with Gasteiger partial charge < -0.3 is 20.1 Å². The standard InChI is InChI=1S/C18H19N5O3S/c1-10-5-16(21-11(2)20-10)23-18-19-9-15(27-18)17(24)22-12-6-13(25-3)8-14(7-12)26-4/h5-9H,1-4H3,(H,22,24)(H,19,20,21,23). The Kier molecular flexibility index (Phi) is 5.51. The van der Waals surface area contributed by atoms with Crippen molar-refractivity contribution in [1.29, 1.82) is 0 Å². The predicted octanol–water partition coefficient (Wildman–Crippen LogP) is 3.56. The van der Waals surface area contributed by atoms with E-state index in [9.17, 15) is 4.79 Å². The Balaban J connectivity index is 1.73. The van der Waals surface area contributed by atoms with Crippen molar-refractivity contribution in [3.63, 3.8) is 0 Å². The largest absolute Gasteiger partial charge is 0.497 e. The third kappa shape index (κ3) is 4.70. The van der Waals surface area contributed by atoms with Gasteiger partial charge in [-0.15, -0.1) is 0 Å². The zero-order chi connectivity index (χ0) is 19.4. The normalized spacial score (nSPS) is 10.4. The van der Waals surface area contributed by atoms with Crippen LogP contribution in [-0.2, 0) is 0 Å². The molecule has 3 aromatic rings. The topological polar surface area (TPSA) is 98.3 Å². The number of ether oxygens (including phenoxy) is 2. The van der Waals surface area contributed by atoms with Crippen LogP contribution in [-0.4, -0.2) is 35.1 Å². The minimum atomic E-state index is -0.272. The second-order valence-corrected chi connectivity index (χ2v) is 6.68. The fourth-order valence-corrected chi connectivity index (χ4v) is 3.12. The third-order valence-corrected chi connectivity index (χ3v) is 4.45. The fourth-order valence-electron chi connectivity index (χ4n) is 2.40. The van der Waals surface area contributed by atoms with Gasteiger partial charge >= 0.3 is 0 Å². The van der Waals surface area contributed by atoms with E-state index in [1.54, 1.807) is 32.4 Å². The first-order chi connectivity index (χ1) is 13.0. The maximum atomic E-state index is 12.5. The van der Waals surface area contributed by atoms with Crippen LogP contribution in [0.2, 0.25) is 0 Å². The fraction of sp³-hybridized carbons (Fsp3) is 0.222. The molecule has 0 saturated carbocycles. The number of anilines is 3. The van der Waals surface area contributed by atoms with Crippen LogP contribution in [0.25, 0.3) is 0 Å². The van der Waals surface area contributed by atoms with Crippen molar-refractivity contribution in [2.75, 3.05) is 24.9 Å². The molecule has 2 heterocycles. The van der Waals surface area contributed by atoms with E-state index in [0.717, 1.165) is 5.69 Å². The van der Waals surface area contributed by atoms with Gasteiger partial charge in [0.25, 0.3) is 5.91 Å². The summed E-state index contributed by atoms with van der Waals surface area (Å²) < 4.78 is 10.4. The number of carbonyl (C=O) groups is 1. The van der Waals surface area contributed by atoms with Gasteiger partial charge in [0.05, 0.1) is 20.4 Å². The molecule has 27 heavy (non-hydrogen) atoms. The van der Waals surface area contributed by atoms with Crippen LogP contribution in [0.4, 0.5) is 16.6 Å². The van der Waals surface area contributed by atoms with Crippen LogP contribution in [0.5, 0.6) is 11.5 Å². The molecule has 3 rings (SSSR count). The number of nitrogens with one attached hydrogen (secondary N) is 2. The van der Waals surface area contributed by atoms with Crippen molar-refractivity contribution in [2.45, 2.75) is 13.8 Å². The lowest BCUT2D eigenvalue weighted by molar-refractivity contribution is 0.103. The van der Waals surface area contributed by atoms with Crippen LogP contribution in [0, 0.1) is 13.8 Å². The van der Waals surface area contributed by atoms with Gasteiger partial charge in [0.2, 0.25) is 0 Å². The van der Waals surface area contributed by atoms with E-state index >= 15 is 0 Å². The minimum Gasteiger partial charge on any atom is -0.497 e. The lowest BCUT2D eigenvalue weighted by atomic mass is 10.2. The maximum Gasteiger partial charge on any atom is 0.267 e. The molecule has 0 radical (unpaired) electrons. The van der Waals surface area contributed by atoms with Crippen molar-refractivity contribution in [3.05, 3.63) is 46.9 Å². The zero-order valence-corrected chi connectivity index (χ0v) is 16.2. The summed E-state index contributed by atoms with van der Waals surface area (Å²) in [6.07, 6.45) is 1.51. The molecule has 0 fully saturated rings. The van der Waals surface area contributed by atoms with Gasteiger partial charge in [-0.1, -0.05) is 11.3 Å². The van der Waals surface area contributed by atoms with Crippen LogP contribution >= 0.6 is 11.3 Å². The van der Waals surface area contributed by atoms with E-state index in [1.165, 1.54) is 17.5 Å². The molecule has 0 unspecified atom stereocenters. The number of aryl methyl sites for hydroxylation is 2. The molecule has 140 valence electrons. The Morgan fingerprint density at radius 2 is 1.74 bits per heavy atom. The number of hydrogen-bond donors (Lipinski definition) is 2. The van der Waals surface area contributed by atoms with Crippen LogP contribution in [0.15, 0.2) is 30.5 Å². The summed E-state index contributed by atoms with van der Waals surface area (Å²) in [5.41, 5.74) is 1.42.